The lowest BCUT2D eigenvalue weighted by molar-refractivity contribution is -0.143. The second-order valence-electron chi connectivity index (χ2n) is 9.33. The minimum Gasteiger partial charge on any atom is -0.497 e. The minimum absolute atomic E-state index is 0.0269. The molecule has 1 amide bonds. The molecule has 0 spiro atoms. The number of carbonyl (C=O) groups excluding carboxylic acids is 1. The maximum absolute atomic E-state index is 15.7. The lowest BCUT2D eigenvalue weighted by atomic mass is 9.73. The highest BCUT2D eigenvalue weighted by Gasteiger charge is 2.41. The fraction of sp³-hybridized carbons (Fsp3) is 0.357. The number of fused-ring (bicyclic) bond motifs is 1. The normalized spacial score (nSPS) is 15.9. The highest BCUT2D eigenvalue weighted by Crippen LogP contribution is 2.42. The van der Waals surface area contributed by atoms with Crippen LogP contribution in [0.25, 0.3) is 10.9 Å². The van der Waals surface area contributed by atoms with Gasteiger partial charge in [-0.3, -0.25) is 19.9 Å². The summed E-state index contributed by atoms with van der Waals surface area (Å²) in [6.07, 6.45) is 1.01. The molecular formula is C28H27Cl2F2N3O3. The molecule has 200 valence electrons. The zero-order valence-corrected chi connectivity index (χ0v) is 22.3. The molecule has 10 heteroatoms. The maximum Gasteiger partial charge on any atom is 0.249 e. The molecule has 0 aliphatic carbocycles. The summed E-state index contributed by atoms with van der Waals surface area (Å²) in [6, 6.07) is 9.49. The van der Waals surface area contributed by atoms with Gasteiger partial charge in [0.15, 0.2) is 0 Å². The number of amides is 1. The van der Waals surface area contributed by atoms with Crippen molar-refractivity contribution in [2.45, 2.75) is 31.9 Å². The predicted octanol–water partition coefficient (Wildman–Crippen LogP) is 6.12. The Labute approximate surface area is 229 Å². The van der Waals surface area contributed by atoms with Crippen LogP contribution < -0.4 is 10.2 Å². The van der Waals surface area contributed by atoms with Gasteiger partial charge in [0.2, 0.25) is 5.91 Å². The van der Waals surface area contributed by atoms with Gasteiger partial charge in [0, 0.05) is 35.3 Å². The number of piperidine rings is 1. The van der Waals surface area contributed by atoms with Crippen LogP contribution in [0.5, 0.6) is 5.75 Å². The molecule has 1 saturated heterocycles. The topological polar surface area (TPSA) is 74.7 Å². The number of nitrogens with zero attached hydrogens (tertiary/aromatic N) is 2. The van der Waals surface area contributed by atoms with Crippen molar-refractivity contribution in [2.75, 3.05) is 26.7 Å². The van der Waals surface area contributed by atoms with Gasteiger partial charge in [0.25, 0.3) is 0 Å². The second kappa shape index (κ2) is 12.3. The van der Waals surface area contributed by atoms with E-state index in [2.05, 4.69) is 16.8 Å². The molecule has 1 fully saturated rings. The number of nitrogens with one attached hydrogen (secondary N) is 1. The molecule has 1 atom stereocenters. The molecule has 1 aliphatic heterocycles. The molecule has 1 aliphatic rings. The summed E-state index contributed by atoms with van der Waals surface area (Å²) < 4.78 is 34.9. The number of halogens is 4. The van der Waals surface area contributed by atoms with Crippen LogP contribution in [0.2, 0.25) is 10.0 Å². The van der Waals surface area contributed by atoms with Crippen LogP contribution >= 0.6 is 23.2 Å². The summed E-state index contributed by atoms with van der Waals surface area (Å²) in [7, 11) is 1.52. The highest BCUT2D eigenvalue weighted by atomic mass is 35.5. The van der Waals surface area contributed by atoms with Crippen molar-refractivity contribution in [2.24, 2.45) is 5.41 Å². The van der Waals surface area contributed by atoms with Gasteiger partial charge < -0.3 is 4.74 Å². The van der Waals surface area contributed by atoms with E-state index >= 15 is 4.39 Å². The van der Waals surface area contributed by atoms with E-state index in [0.29, 0.717) is 59.7 Å². The van der Waals surface area contributed by atoms with Gasteiger partial charge in [0.1, 0.15) is 17.7 Å². The number of pyridine rings is 1. The zero-order valence-electron chi connectivity index (χ0n) is 20.7. The molecule has 38 heavy (non-hydrogen) atoms. The Balaban J connectivity index is 1.44. The lowest BCUT2D eigenvalue weighted by Gasteiger charge is -2.40. The van der Waals surface area contributed by atoms with Gasteiger partial charge in [-0.25, -0.2) is 14.3 Å². The van der Waals surface area contributed by atoms with Crippen molar-refractivity contribution >= 4 is 40.0 Å². The Morgan fingerprint density at radius 3 is 2.71 bits per heavy atom. The molecule has 1 unspecified atom stereocenters. The average molecular weight is 562 g/mol. The van der Waals surface area contributed by atoms with Gasteiger partial charge in [-0.15, -0.1) is 0 Å². The van der Waals surface area contributed by atoms with Crippen LogP contribution in [-0.2, 0) is 4.79 Å². The van der Waals surface area contributed by atoms with Crippen LogP contribution in [0, 0.1) is 23.1 Å². The van der Waals surface area contributed by atoms with Crippen LogP contribution in [0.4, 0.5) is 8.78 Å². The van der Waals surface area contributed by atoms with Crippen LogP contribution in [0.15, 0.2) is 42.6 Å². The van der Waals surface area contributed by atoms with Crippen molar-refractivity contribution in [3.05, 3.63) is 69.6 Å². The summed E-state index contributed by atoms with van der Waals surface area (Å²) in [5.41, 5.74) is 1.97. The quantitative estimate of drug-likeness (QED) is 0.206. The summed E-state index contributed by atoms with van der Waals surface area (Å²) >= 11 is 12.1. The molecule has 2 heterocycles. The largest absolute Gasteiger partial charge is 0.497 e. The molecule has 0 saturated carbocycles. The minimum atomic E-state index is -1.46. The van der Waals surface area contributed by atoms with Gasteiger partial charge in [0.05, 0.1) is 35.2 Å². The van der Waals surface area contributed by atoms with Crippen LogP contribution in [0.1, 0.15) is 43.0 Å². The van der Waals surface area contributed by atoms with Crippen LogP contribution in [0.3, 0.4) is 0 Å². The molecule has 1 aromatic heterocycles. The summed E-state index contributed by atoms with van der Waals surface area (Å²) in [5, 5.41) is 10.5. The van der Waals surface area contributed by atoms with Gasteiger partial charge >= 0.3 is 0 Å². The van der Waals surface area contributed by atoms with Crippen LogP contribution in [-0.4, -0.2) is 47.7 Å². The third kappa shape index (κ3) is 6.19. The molecule has 0 bridgehead atoms. The number of hydroxylamine groups is 1. The number of methoxy groups -OCH3 is 1. The number of benzene rings is 2. The van der Waals surface area contributed by atoms with E-state index < -0.39 is 23.3 Å². The standard InChI is InChI=1S/C28H27Cl2F2N3O3/c1-38-20-6-7-25-21(16-20)26(22(30)17-33-25)23(31)8-9-28(27(36)34-37)10-13-35(14-11-28)12-2-3-18-4-5-19(29)15-24(18)32/h4-7,15-17,23,37H,8-14H2,1H3,(H,34,36). The van der Waals surface area contributed by atoms with Crippen molar-refractivity contribution in [1.29, 1.82) is 0 Å². The summed E-state index contributed by atoms with van der Waals surface area (Å²) in [4.78, 5) is 19.0. The Morgan fingerprint density at radius 2 is 2.03 bits per heavy atom. The van der Waals surface area contributed by atoms with E-state index in [4.69, 9.17) is 27.9 Å². The summed E-state index contributed by atoms with van der Waals surface area (Å²) in [5.74, 6) is 5.30. The SMILES string of the molecule is COc1ccc2ncc(Cl)c(C(F)CCC3(C(=O)NO)CCN(CC#Cc4ccc(Cl)cc4F)CC3)c2c1. The Hall–Kier alpha value is -2.96. The van der Waals surface area contributed by atoms with Crippen molar-refractivity contribution in [3.63, 3.8) is 0 Å². The molecule has 0 radical (unpaired) electrons. The monoisotopic (exact) mass is 561 g/mol. The smallest absolute Gasteiger partial charge is 0.249 e. The zero-order chi connectivity index (χ0) is 27.3. The number of hydrogen-bond acceptors (Lipinski definition) is 5. The van der Waals surface area contributed by atoms with E-state index in [1.807, 2.05) is 4.90 Å². The van der Waals surface area contributed by atoms with Crippen molar-refractivity contribution < 1.29 is 23.5 Å². The number of likely N-dealkylation sites (tertiary alicyclic amines) is 1. The number of carbonyl (C=O) groups is 1. The van der Waals surface area contributed by atoms with Gasteiger partial charge in [-0.1, -0.05) is 35.0 Å². The Morgan fingerprint density at radius 1 is 1.26 bits per heavy atom. The number of alkyl halides is 1. The third-order valence-electron chi connectivity index (χ3n) is 7.11. The molecule has 6 nitrogen and oxygen atoms in total. The van der Waals surface area contributed by atoms with Crippen molar-refractivity contribution in [1.82, 2.24) is 15.4 Å². The average Bonchev–Trinajstić information content (AvgIpc) is 2.92. The van der Waals surface area contributed by atoms with Gasteiger partial charge in [-0.2, -0.15) is 0 Å². The first-order chi connectivity index (χ1) is 18.3. The molecular weight excluding hydrogens is 535 g/mol. The summed E-state index contributed by atoms with van der Waals surface area (Å²) in [6.45, 7) is 1.40. The second-order valence-corrected chi connectivity index (χ2v) is 10.2. The van der Waals surface area contributed by atoms with Gasteiger partial charge in [-0.05, 0) is 62.1 Å². The number of hydrogen-bond donors (Lipinski definition) is 2. The fourth-order valence-corrected chi connectivity index (χ4v) is 5.27. The molecule has 4 rings (SSSR count). The molecule has 2 aromatic carbocycles. The highest BCUT2D eigenvalue weighted by molar-refractivity contribution is 6.32. The number of ether oxygens (including phenoxy) is 1. The number of aromatic nitrogens is 1. The number of rotatable bonds is 7. The first-order valence-corrected chi connectivity index (χ1v) is 12.9. The maximum atomic E-state index is 15.7. The first-order valence-electron chi connectivity index (χ1n) is 12.1. The van der Waals surface area contributed by atoms with E-state index in [9.17, 15) is 14.4 Å². The van der Waals surface area contributed by atoms with E-state index in [-0.39, 0.29) is 23.4 Å². The predicted molar refractivity (Wildman–Crippen MR) is 143 cm³/mol. The van der Waals surface area contributed by atoms with E-state index in [1.54, 1.807) is 29.7 Å². The third-order valence-corrected chi connectivity index (χ3v) is 7.65. The Bertz CT molecular complexity index is 1380. The Kier molecular flexibility index (Phi) is 9.06. The lowest BCUT2D eigenvalue weighted by Crippen LogP contribution is -2.48. The first kappa shape index (κ1) is 28.1. The molecule has 2 N–H and O–H groups in total. The van der Waals surface area contributed by atoms with Crippen molar-refractivity contribution in [3.8, 4) is 17.6 Å². The fourth-order valence-electron chi connectivity index (χ4n) is 4.85. The molecule has 3 aromatic rings. The van der Waals surface area contributed by atoms with E-state index in [0.717, 1.165) is 0 Å². The van der Waals surface area contributed by atoms with E-state index in [1.165, 1.54) is 25.4 Å².